The Morgan fingerprint density at radius 2 is 1.87 bits per heavy atom. The van der Waals surface area contributed by atoms with E-state index in [1.807, 2.05) is 13.8 Å². The molecular formula is C28H26F3N3O3S. The number of dihydropyridines is 1. The van der Waals surface area contributed by atoms with E-state index in [0.717, 1.165) is 23.4 Å². The summed E-state index contributed by atoms with van der Waals surface area (Å²) in [7, 11) is 1.54. The van der Waals surface area contributed by atoms with Gasteiger partial charge in [-0.3, -0.25) is 9.59 Å². The number of Topliss-reactive ketones (excluding diaryl/α,β-unsaturated/α-hetero) is 1. The number of nitrogens with one attached hydrogen (secondary N) is 2. The highest BCUT2D eigenvalue weighted by atomic mass is 32.2. The summed E-state index contributed by atoms with van der Waals surface area (Å²) in [4.78, 5) is 26.0. The van der Waals surface area contributed by atoms with Gasteiger partial charge in [0.25, 0.3) is 0 Å². The summed E-state index contributed by atoms with van der Waals surface area (Å²) in [5, 5.41) is 16.1. The van der Waals surface area contributed by atoms with Crippen molar-refractivity contribution in [3.63, 3.8) is 0 Å². The molecule has 0 spiro atoms. The van der Waals surface area contributed by atoms with Crippen LogP contribution < -0.4 is 15.4 Å². The maximum absolute atomic E-state index is 13.3. The Balaban J connectivity index is 1.64. The van der Waals surface area contributed by atoms with E-state index in [4.69, 9.17) is 4.74 Å². The minimum atomic E-state index is -4.62. The standard InChI is InChI=1S/C28H26F3N3O3S/c1-27(2)12-21-25(22(35)13-27)24(16-8-10-17(37-3)11-9-16)18(14-32)26(34-21)38-15-23(36)33-20-7-5-4-6-19(20)28(29,30)31/h4-11,24,34H,12-13,15H2,1-3H3,(H,33,36)/t24-/m1/s1. The molecule has 2 aliphatic rings. The number of hydrogen-bond donors (Lipinski definition) is 2. The van der Waals surface area contributed by atoms with E-state index in [1.165, 1.54) is 18.2 Å². The van der Waals surface area contributed by atoms with Gasteiger partial charge in [0.1, 0.15) is 5.75 Å². The van der Waals surface area contributed by atoms with E-state index >= 15 is 0 Å². The van der Waals surface area contributed by atoms with Crippen molar-refractivity contribution in [1.29, 1.82) is 5.26 Å². The molecule has 0 aromatic heterocycles. The topological polar surface area (TPSA) is 91.2 Å². The number of benzene rings is 2. The summed E-state index contributed by atoms with van der Waals surface area (Å²) in [6, 6.07) is 14.1. The number of para-hydroxylation sites is 1. The molecule has 4 rings (SSSR count). The lowest BCUT2D eigenvalue weighted by molar-refractivity contribution is -0.137. The third-order valence-corrected chi connectivity index (χ3v) is 7.45. The highest BCUT2D eigenvalue weighted by molar-refractivity contribution is 8.03. The van der Waals surface area contributed by atoms with Crippen LogP contribution in [-0.4, -0.2) is 24.6 Å². The van der Waals surface area contributed by atoms with E-state index in [-0.39, 0.29) is 28.2 Å². The normalized spacial score (nSPS) is 18.9. The number of allylic oxidation sites excluding steroid dienone is 3. The number of thioether (sulfide) groups is 1. The van der Waals surface area contributed by atoms with E-state index in [1.54, 1.807) is 31.4 Å². The lowest BCUT2D eigenvalue weighted by Crippen LogP contribution is -2.37. The number of ketones is 1. The minimum Gasteiger partial charge on any atom is -0.497 e. The zero-order chi connectivity index (χ0) is 27.7. The number of carbonyl (C=O) groups excluding carboxylic acids is 2. The maximum Gasteiger partial charge on any atom is 0.418 e. The number of nitrogens with zero attached hydrogens (tertiary/aromatic N) is 1. The fraction of sp³-hybridized carbons (Fsp3) is 0.321. The molecule has 38 heavy (non-hydrogen) atoms. The Bertz CT molecular complexity index is 1370. The van der Waals surface area contributed by atoms with Crippen molar-refractivity contribution in [3.8, 4) is 11.8 Å². The van der Waals surface area contributed by atoms with E-state index < -0.39 is 23.6 Å². The van der Waals surface area contributed by atoms with Gasteiger partial charge in [0, 0.05) is 17.7 Å². The Morgan fingerprint density at radius 3 is 2.50 bits per heavy atom. The van der Waals surface area contributed by atoms with E-state index in [2.05, 4.69) is 16.7 Å². The molecule has 0 saturated heterocycles. The molecule has 0 radical (unpaired) electrons. The largest absolute Gasteiger partial charge is 0.497 e. The van der Waals surface area contributed by atoms with Crippen molar-refractivity contribution in [2.24, 2.45) is 5.41 Å². The van der Waals surface area contributed by atoms with Crippen LogP contribution in [-0.2, 0) is 15.8 Å². The molecule has 1 aliphatic heterocycles. The summed E-state index contributed by atoms with van der Waals surface area (Å²) in [5.74, 6) is -0.959. The van der Waals surface area contributed by atoms with Gasteiger partial charge >= 0.3 is 6.18 Å². The number of nitriles is 1. The first-order valence-corrected chi connectivity index (χ1v) is 12.8. The molecule has 1 atom stereocenters. The third kappa shape index (κ3) is 5.73. The lowest BCUT2D eigenvalue weighted by atomic mass is 9.69. The van der Waals surface area contributed by atoms with Crippen molar-refractivity contribution in [2.45, 2.75) is 38.8 Å². The first-order valence-electron chi connectivity index (χ1n) is 11.8. The molecule has 0 saturated carbocycles. The molecule has 1 aliphatic carbocycles. The number of carbonyl (C=O) groups is 2. The number of alkyl halides is 3. The minimum absolute atomic E-state index is 0.0529. The SMILES string of the molecule is COc1ccc([C@@H]2C(C#N)=C(SCC(=O)Nc3ccccc3C(F)(F)F)NC3=C2C(=O)CC(C)(C)C3)cc1. The average Bonchev–Trinajstić information content (AvgIpc) is 2.85. The lowest BCUT2D eigenvalue weighted by Gasteiger charge is -2.39. The molecule has 2 aromatic rings. The average molecular weight is 542 g/mol. The van der Waals surface area contributed by atoms with E-state index in [9.17, 15) is 28.0 Å². The third-order valence-electron chi connectivity index (χ3n) is 6.43. The molecule has 0 bridgehead atoms. The van der Waals surface area contributed by atoms with Crippen molar-refractivity contribution in [1.82, 2.24) is 5.32 Å². The maximum atomic E-state index is 13.3. The number of anilines is 1. The monoisotopic (exact) mass is 541 g/mol. The Kier molecular flexibility index (Phi) is 7.61. The second-order valence-corrected chi connectivity index (χ2v) is 10.9. The summed E-state index contributed by atoms with van der Waals surface area (Å²) in [6.45, 7) is 3.97. The van der Waals surface area contributed by atoms with Crippen LogP contribution in [0.15, 0.2) is 70.4 Å². The molecule has 0 fully saturated rings. The zero-order valence-corrected chi connectivity index (χ0v) is 21.8. The van der Waals surface area contributed by atoms with Gasteiger partial charge in [-0.05, 0) is 41.7 Å². The number of halogens is 3. The van der Waals surface area contributed by atoms with Gasteiger partial charge in [0.2, 0.25) is 5.91 Å². The molecule has 0 unspecified atom stereocenters. The molecule has 10 heteroatoms. The van der Waals surface area contributed by atoms with Gasteiger partial charge < -0.3 is 15.4 Å². The number of amides is 1. The van der Waals surface area contributed by atoms with Gasteiger partial charge in [0.15, 0.2) is 5.78 Å². The second-order valence-electron chi connectivity index (χ2n) is 9.90. The van der Waals surface area contributed by atoms with Crippen LogP contribution in [0.1, 0.15) is 43.7 Å². The predicted octanol–water partition coefficient (Wildman–Crippen LogP) is 6.15. The highest BCUT2D eigenvalue weighted by Crippen LogP contribution is 2.48. The van der Waals surface area contributed by atoms with Crippen LogP contribution in [0, 0.1) is 16.7 Å². The summed E-state index contributed by atoms with van der Waals surface area (Å²) in [6.07, 6.45) is -3.72. The van der Waals surface area contributed by atoms with Crippen LogP contribution in [0.5, 0.6) is 5.75 Å². The summed E-state index contributed by atoms with van der Waals surface area (Å²) < 4.78 is 45.2. The van der Waals surface area contributed by atoms with Crippen LogP contribution >= 0.6 is 11.8 Å². The van der Waals surface area contributed by atoms with Gasteiger partial charge in [-0.1, -0.05) is 49.9 Å². The predicted molar refractivity (Wildman–Crippen MR) is 139 cm³/mol. The van der Waals surface area contributed by atoms with Crippen molar-refractivity contribution in [3.05, 3.63) is 81.5 Å². The Morgan fingerprint density at radius 1 is 1.18 bits per heavy atom. The van der Waals surface area contributed by atoms with Crippen LogP contribution in [0.2, 0.25) is 0 Å². The van der Waals surface area contributed by atoms with Gasteiger partial charge in [-0.2, -0.15) is 18.4 Å². The summed E-state index contributed by atoms with van der Waals surface area (Å²) >= 11 is 1.02. The fourth-order valence-electron chi connectivity index (χ4n) is 4.78. The van der Waals surface area contributed by atoms with Crippen LogP contribution in [0.4, 0.5) is 18.9 Å². The molecule has 1 amide bonds. The second kappa shape index (κ2) is 10.6. The fourth-order valence-corrected chi connectivity index (χ4v) is 5.65. The first kappa shape index (κ1) is 27.3. The molecule has 2 N–H and O–H groups in total. The number of ether oxygens (including phenoxy) is 1. The number of hydrogen-bond acceptors (Lipinski definition) is 6. The van der Waals surface area contributed by atoms with Crippen molar-refractivity contribution >= 4 is 29.1 Å². The van der Waals surface area contributed by atoms with Gasteiger partial charge in [-0.25, -0.2) is 0 Å². The smallest absolute Gasteiger partial charge is 0.418 e. The highest BCUT2D eigenvalue weighted by Gasteiger charge is 2.42. The molecule has 2 aromatic carbocycles. The summed E-state index contributed by atoms with van der Waals surface area (Å²) in [5.41, 5.74) is 0.643. The van der Waals surface area contributed by atoms with Crippen molar-refractivity contribution < 1.29 is 27.5 Å². The Hall–Kier alpha value is -3.71. The molecular weight excluding hydrogens is 515 g/mol. The quantitative estimate of drug-likeness (QED) is 0.456. The van der Waals surface area contributed by atoms with Gasteiger partial charge in [0.05, 0.1) is 46.7 Å². The molecule has 198 valence electrons. The van der Waals surface area contributed by atoms with E-state index in [0.29, 0.717) is 34.9 Å². The van der Waals surface area contributed by atoms with Crippen molar-refractivity contribution in [2.75, 3.05) is 18.2 Å². The number of rotatable bonds is 6. The van der Waals surface area contributed by atoms with Crippen LogP contribution in [0.3, 0.4) is 0 Å². The van der Waals surface area contributed by atoms with Gasteiger partial charge in [-0.15, -0.1) is 0 Å². The Labute approximate surface area is 222 Å². The number of methoxy groups -OCH3 is 1. The van der Waals surface area contributed by atoms with Crippen LogP contribution in [0.25, 0.3) is 0 Å². The zero-order valence-electron chi connectivity index (χ0n) is 21.0. The molecule has 1 heterocycles. The first-order chi connectivity index (χ1) is 17.9. The molecule has 6 nitrogen and oxygen atoms in total.